The maximum Gasteiger partial charge on any atom is 0.323 e. The SMILES string of the molecule is NC(=O)n1[c]ccc1. The van der Waals surface area contributed by atoms with Gasteiger partial charge in [0.05, 0.1) is 6.20 Å². The van der Waals surface area contributed by atoms with Crippen LogP contribution in [0.4, 0.5) is 4.79 Å². The van der Waals surface area contributed by atoms with E-state index < -0.39 is 6.03 Å². The standard InChI is InChI=1S/C5H5N2O/c6-5(8)7-3-1-2-4-7/h1-3H,(H2,6,8). The molecule has 1 radical (unpaired) electrons. The molecule has 0 aromatic carbocycles. The van der Waals surface area contributed by atoms with Crippen molar-refractivity contribution >= 4 is 6.03 Å². The first-order chi connectivity index (χ1) is 3.80. The molecule has 0 unspecified atom stereocenters. The minimum atomic E-state index is -0.505. The van der Waals surface area contributed by atoms with Crippen LogP contribution in [0.15, 0.2) is 18.3 Å². The maximum absolute atomic E-state index is 10.2. The molecule has 8 heavy (non-hydrogen) atoms. The topological polar surface area (TPSA) is 48.0 Å². The highest BCUT2D eigenvalue weighted by Gasteiger charge is 1.90. The van der Waals surface area contributed by atoms with Crippen molar-refractivity contribution in [3.63, 3.8) is 0 Å². The van der Waals surface area contributed by atoms with Gasteiger partial charge in [0.2, 0.25) is 0 Å². The first kappa shape index (κ1) is 4.90. The fraction of sp³-hybridized carbons (Fsp3) is 0. The molecule has 3 heteroatoms. The normalized spacial score (nSPS) is 9.00. The van der Waals surface area contributed by atoms with Gasteiger partial charge in [-0.2, -0.15) is 0 Å². The Kier molecular flexibility index (Phi) is 1.04. The quantitative estimate of drug-likeness (QED) is 0.508. The molecule has 0 bridgehead atoms. The largest absolute Gasteiger partial charge is 0.351 e. The van der Waals surface area contributed by atoms with Gasteiger partial charge >= 0.3 is 6.03 Å². The van der Waals surface area contributed by atoms with Gasteiger partial charge < -0.3 is 5.73 Å². The molecule has 0 atom stereocenters. The molecule has 3 nitrogen and oxygen atoms in total. The number of nitrogens with two attached hydrogens (primary N) is 1. The van der Waals surface area contributed by atoms with Gasteiger partial charge in [0.25, 0.3) is 0 Å². The fourth-order valence-electron chi connectivity index (χ4n) is 0.433. The lowest BCUT2D eigenvalue weighted by Gasteiger charge is -1.87. The Morgan fingerprint density at radius 2 is 2.50 bits per heavy atom. The van der Waals surface area contributed by atoms with Crippen LogP contribution in [0.5, 0.6) is 0 Å². The third-order valence-corrected chi connectivity index (χ3v) is 0.782. The molecule has 0 spiro atoms. The van der Waals surface area contributed by atoms with Crippen molar-refractivity contribution in [3.05, 3.63) is 24.5 Å². The lowest BCUT2D eigenvalue weighted by molar-refractivity contribution is 0.250. The summed E-state index contributed by atoms with van der Waals surface area (Å²) < 4.78 is 1.18. The van der Waals surface area contributed by atoms with E-state index in [2.05, 4.69) is 6.20 Å². The zero-order chi connectivity index (χ0) is 5.98. The number of hydrogen-bond donors (Lipinski definition) is 1. The third-order valence-electron chi connectivity index (χ3n) is 0.782. The summed E-state index contributed by atoms with van der Waals surface area (Å²) in [5.41, 5.74) is 4.85. The van der Waals surface area contributed by atoms with Crippen LogP contribution in [-0.2, 0) is 0 Å². The predicted molar refractivity (Wildman–Crippen MR) is 28.2 cm³/mol. The van der Waals surface area contributed by atoms with Gasteiger partial charge in [0, 0.05) is 6.20 Å². The molecular formula is C5H5N2O. The Labute approximate surface area is 46.7 Å². The average molecular weight is 109 g/mol. The predicted octanol–water partition coefficient (Wildman–Crippen LogP) is 0.215. The maximum atomic E-state index is 10.2. The summed E-state index contributed by atoms with van der Waals surface area (Å²) in [7, 11) is 0. The monoisotopic (exact) mass is 109 g/mol. The van der Waals surface area contributed by atoms with Crippen molar-refractivity contribution in [1.82, 2.24) is 4.57 Å². The molecule has 1 aromatic rings. The Morgan fingerprint density at radius 1 is 1.75 bits per heavy atom. The number of rotatable bonds is 0. The number of amides is 1. The van der Waals surface area contributed by atoms with Crippen molar-refractivity contribution in [2.45, 2.75) is 0 Å². The zero-order valence-electron chi connectivity index (χ0n) is 4.16. The Balaban J connectivity index is 2.93. The van der Waals surface area contributed by atoms with E-state index in [0.29, 0.717) is 0 Å². The second kappa shape index (κ2) is 1.69. The smallest absolute Gasteiger partial charge is 0.323 e. The second-order valence-corrected chi connectivity index (χ2v) is 1.35. The third kappa shape index (κ3) is 0.703. The van der Waals surface area contributed by atoms with E-state index in [1.807, 2.05) is 0 Å². The van der Waals surface area contributed by atoms with E-state index in [1.54, 1.807) is 18.3 Å². The van der Waals surface area contributed by atoms with E-state index >= 15 is 0 Å². The molecule has 1 rings (SSSR count). The highest BCUT2D eigenvalue weighted by Crippen LogP contribution is 1.83. The van der Waals surface area contributed by atoms with E-state index in [-0.39, 0.29) is 0 Å². The minimum Gasteiger partial charge on any atom is -0.351 e. The zero-order valence-corrected chi connectivity index (χ0v) is 4.16. The second-order valence-electron chi connectivity index (χ2n) is 1.35. The van der Waals surface area contributed by atoms with Gasteiger partial charge in [-0.25, -0.2) is 4.79 Å². The van der Waals surface area contributed by atoms with Crippen LogP contribution in [0.2, 0.25) is 0 Å². The van der Waals surface area contributed by atoms with Crippen molar-refractivity contribution < 1.29 is 4.79 Å². The molecule has 0 aliphatic carbocycles. The molecular weight excluding hydrogens is 104 g/mol. The molecule has 0 fully saturated rings. The van der Waals surface area contributed by atoms with Gasteiger partial charge in [0.1, 0.15) is 0 Å². The van der Waals surface area contributed by atoms with Crippen LogP contribution >= 0.6 is 0 Å². The van der Waals surface area contributed by atoms with E-state index in [0.717, 1.165) is 0 Å². The number of hydrogen-bond acceptors (Lipinski definition) is 1. The van der Waals surface area contributed by atoms with Crippen LogP contribution < -0.4 is 5.73 Å². The van der Waals surface area contributed by atoms with Crippen molar-refractivity contribution in [2.75, 3.05) is 0 Å². The van der Waals surface area contributed by atoms with Gasteiger partial charge in [-0.3, -0.25) is 4.57 Å². The summed E-state index contributed by atoms with van der Waals surface area (Å²) >= 11 is 0. The number of primary amides is 1. The van der Waals surface area contributed by atoms with Gasteiger partial charge in [0.15, 0.2) is 0 Å². The first-order valence-electron chi connectivity index (χ1n) is 2.15. The molecule has 1 aromatic heterocycles. The van der Waals surface area contributed by atoms with Crippen molar-refractivity contribution in [1.29, 1.82) is 0 Å². The van der Waals surface area contributed by atoms with Crippen LogP contribution in [-0.4, -0.2) is 10.6 Å². The highest BCUT2D eigenvalue weighted by atomic mass is 16.2. The van der Waals surface area contributed by atoms with Crippen molar-refractivity contribution in [3.8, 4) is 0 Å². The number of carbonyl (C=O) groups excluding carboxylic acids is 1. The molecule has 2 N–H and O–H groups in total. The van der Waals surface area contributed by atoms with Gasteiger partial charge in [-0.15, -0.1) is 0 Å². The summed E-state index contributed by atoms with van der Waals surface area (Å²) in [4.78, 5) is 10.2. The summed E-state index contributed by atoms with van der Waals surface area (Å²) in [5, 5.41) is 0. The Bertz CT molecular complexity index is 178. The van der Waals surface area contributed by atoms with Gasteiger partial charge in [-0.1, -0.05) is 0 Å². The summed E-state index contributed by atoms with van der Waals surface area (Å²) in [6, 6.07) is 2.80. The fourth-order valence-corrected chi connectivity index (χ4v) is 0.433. The number of aromatic nitrogens is 1. The molecule has 0 saturated heterocycles. The Morgan fingerprint density at radius 3 is 2.75 bits per heavy atom. The van der Waals surface area contributed by atoms with Crippen LogP contribution in [0, 0.1) is 6.20 Å². The lowest BCUT2D eigenvalue weighted by Crippen LogP contribution is -2.17. The number of carbonyl (C=O) groups is 1. The summed E-state index contributed by atoms with van der Waals surface area (Å²) in [5.74, 6) is 0. The minimum absolute atomic E-state index is 0.505. The molecule has 41 valence electrons. The molecule has 0 aliphatic heterocycles. The van der Waals surface area contributed by atoms with Crippen LogP contribution in [0.25, 0.3) is 0 Å². The van der Waals surface area contributed by atoms with Crippen molar-refractivity contribution in [2.24, 2.45) is 5.73 Å². The van der Waals surface area contributed by atoms with E-state index in [4.69, 9.17) is 5.73 Å². The highest BCUT2D eigenvalue weighted by molar-refractivity contribution is 5.74. The number of nitrogens with zero attached hydrogens (tertiary/aromatic N) is 1. The van der Waals surface area contributed by atoms with E-state index in [1.165, 1.54) is 4.57 Å². The molecule has 0 aliphatic rings. The summed E-state index contributed by atoms with van der Waals surface area (Å²) in [6.07, 6.45) is 4.12. The molecule has 1 amide bonds. The van der Waals surface area contributed by atoms with Crippen LogP contribution in [0.3, 0.4) is 0 Å². The van der Waals surface area contributed by atoms with Gasteiger partial charge in [-0.05, 0) is 12.1 Å². The lowest BCUT2D eigenvalue weighted by atomic mass is 10.7. The summed E-state index contributed by atoms with van der Waals surface area (Å²) in [6.45, 7) is 0. The molecule has 0 saturated carbocycles. The Hall–Kier alpha value is -1.25. The molecule has 1 heterocycles. The van der Waals surface area contributed by atoms with Crippen LogP contribution in [0.1, 0.15) is 0 Å². The van der Waals surface area contributed by atoms with E-state index in [9.17, 15) is 4.79 Å². The first-order valence-corrected chi connectivity index (χ1v) is 2.15. The average Bonchev–Trinajstić information content (AvgIpc) is 2.12.